The van der Waals surface area contributed by atoms with Gasteiger partial charge in [0.2, 0.25) is 0 Å². The summed E-state index contributed by atoms with van der Waals surface area (Å²) in [4.78, 5) is 14.3. The molecular formula is C11H9FN2O2. The predicted octanol–water partition coefficient (Wildman–Crippen LogP) is 2.90. The van der Waals surface area contributed by atoms with Crippen molar-refractivity contribution in [2.75, 3.05) is 0 Å². The van der Waals surface area contributed by atoms with Gasteiger partial charge >= 0.3 is 5.69 Å². The normalized spacial score (nSPS) is 10.7. The number of halogens is 1. The highest BCUT2D eigenvalue weighted by atomic mass is 19.1. The van der Waals surface area contributed by atoms with Crippen molar-refractivity contribution in [1.29, 1.82) is 0 Å². The number of pyridine rings is 1. The molecule has 1 aromatic carbocycles. The molecule has 0 unspecified atom stereocenters. The van der Waals surface area contributed by atoms with Crippen molar-refractivity contribution in [3.63, 3.8) is 0 Å². The third kappa shape index (κ3) is 1.41. The van der Waals surface area contributed by atoms with Crippen LogP contribution in [0, 0.1) is 29.8 Å². The zero-order valence-electron chi connectivity index (χ0n) is 8.82. The second-order valence-corrected chi connectivity index (χ2v) is 3.61. The Bertz CT molecular complexity index is 596. The van der Waals surface area contributed by atoms with Crippen LogP contribution < -0.4 is 0 Å². The van der Waals surface area contributed by atoms with Crippen molar-refractivity contribution < 1.29 is 9.31 Å². The topological polar surface area (TPSA) is 56.0 Å². The van der Waals surface area contributed by atoms with Gasteiger partial charge in [0.05, 0.1) is 10.5 Å². The first-order valence-corrected chi connectivity index (χ1v) is 4.71. The molecule has 0 aliphatic carbocycles. The smallest absolute Gasteiger partial charge is 0.258 e. The molecular weight excluding hydrogens is 211 g/mol. The molecule has 0 atom stereocenters. The number of nitrogens with zero attached hydrogens (tertiary/aromatic N) is 2. The lowest BCUT2D eigenvalue weighted by atomic mass is 10.1. The molecule has 0 fully saturated rings. The van der Waals surface area contributed by atoms with E-state index in [0.29, 0.717) is 5.39 Å². The molecule has 0 radical (unpaired) electrons. The molecule has 4 nitrogen and oxygen atoms in total. The summed E-state index contributed by atoms with van der Waals surface area (Å²) < 4.78 is 13.5. The third-order valence-electron chi connectivity index (χ3n) is 2.60. The molecule has 0 amide bonds. The average molecular weight is 220 g/mol. The maximum Gasteiger partial charge on any atom is 0.301 e. The number of rotatable bonds is 1. The number of aromatic nitrogens is 1. The second-order valence-electron chi connectivity index (χ2n) is 3.61. The summed E-state index contributed by atoms with van der Waals surface area (Å²) in [5.74, 6) is -0.574. The summed E-state index contributed by atoms with van der Waals surface area (Å²) in [7, 11) is 0. The lowest BCUT2D eigenvalue weighted by molar-refractivity contribution is -0.383. The van der Waals surface area contributed by atoms with E-state index in [1.807, 2.05) is 0 Å². The van der Waals surface area contributed by atoms with E-state index in [4.69, 9.17) is 0 Å². The van der Waals surface area contributed by atoms with E-state index in [-0.39, 0.29) is 16.8 Å². The van der Waals surface area contributed by atoms with Crippen molar-refractivity contribution in [3.05, 3.63) is 45.4 Å². The van der Waals surface area contributed by atoms with E-state index in [2.05, 4.69) is 4.98 Å². The predicted molar refractivity (Wildman–Crippen MR) is 57.8 cm³/mol. The number of hydrogen-bond donors (Lipinski definition) is 0. The molecule has 0 spiro atoms. The van der Waals surface area contributed by atoms with Crippen LogP contribution in [0.2, 0.25) is 0 Å². The number of benzene rings is 1. The van der Waals surface area contributed by atoms with Gasteiger partial charge in [-0.2, -0.15) is 0 Å². The minimum atomic E-state index is -0.590. The zero-order chi connectivity index (χ0) is 11.9. The van der Waals surface area contributed by atoms with E-state index >= 15 is 0 Å². The second kappa shape index (κ2) is 3.52. The van der Waals surface area contributed by atoms with Gasteiger partial charge in [-0.25, -0.2) is 9.37 Å². The molecule has 2 aromatic rings. The molecule has 82 valence electrons. The van der Waals surface area contributed by atoms with Crippen molar-refractivity contribution in [1.82, 2.24) is 4.98 Å². The summed E-state index contributed by atoms with van der Waals surface area (Å²) in [5.41, 5.74) is 0.783. The van der Waals surface area contributed by atoms with Crippen LogP contribution in [-0.4, -0.2) is 9.91 Å². The van der Waals surface area contributed by atoms with Crippen LogP contribution in [0.4, 0.5) is 10.1 Å². The Labute approximate surface area is 90.9 Å². The molecule has 1 heterocycles. The van der Waals surface area contributed by atoms with Crippen molar-refractivity contribution >= 4 is 16.6 Å². The fraction of sp³-hybridized carbons (Fsp3) is 0.182. The van der Waals surface area contributed by atoms with Gasteiger partial charge in [0, 0.05) is 11.6 Å². The Hall–Kier alpha value is -2.04. The first-order valence-electron chi connectivity index (χ1n) is 4.71. The largest absolute Gasteiger partial charge is 0.301 e. The van der Waals surface area contributed by atoms with E-state index in [9.17, 15) is 14.5 Å². The van der Waals surface area contributed by atoms with Crippen LogP contribution in [0.3, 0.4) is 0 Å². The first-order chi connectivity index (χ1) is 7.52. The van der Waals surface area contributed by atoms with Gasteiger partial charge in [0.15, 0.2) is 0 Å². The molecule has 0 saturated carbocycles. The summed E-state index contributed by atoms with van der Waals surface area (Å²) in [6.07, 6.45) is 1.49. The highest BCUT2D eigenvalue weighted by molar-refractivity contribution is 5.90. The van der Waals surface area contributed by atoms with Crippen LogP contribution in [0.25, 0.3) is 10.9 Å². The van der Waals surface area contributed by atoms with E-state index in [1.54, 1.807) is 13.0 Å². The van der Waals surface area contributed by atoms with E-state index in [0.717, 1.165) is 5.56 Å². The molecule has 0 saturated heterocycles. The number of aryl methyl sites for hydroxylation is 1. The monoisotopic (exact) mass is 220 g/mol. The van der Waals surface area contributed by atoms with Crippen LogP contribution in [0.1, 0.15) is 11.1 Å². The lowest BCUT2D eigenvalue weighted by Gasteiger charge is -2.05. The number of hydrogen-bond acceptors (Lipinski definition) is 3. The third-order valence-corrected chi connectivity index (χ3v) is 2.60. The fourth-order valence-electron chi connectivity index (χ4n) is 1.69. The molecule has 5 heteroatoms. The Kier molecular flexibility index (Phi) is 2.30. The van der Waals surface area contributed by atoms with E-state index < -0.39 is 10.7 Å². The van der Waals surface area contributed by atoms with Gasteiger partial charge in [0.1, 0.15) is 11.3 Å². The van der Waals surface area contributed by atoms with Crippen LogP contribution >= 0.6 is 0 Å². The van der Waals surface area contributed by atoms with Gasteiger partial charge < -0.3 is 0 Å². The molecule has 0 bridgehead atoms. The summed E-state index contributed by atoms with van der Waals surface area (Å²) in [6, 6.07) is 2.99. The number of nitro groups is 1. The summed E-state index contributed by atoms with van der Waals surface area (Å²) >= 11 is 0. The highest BCUT2D eigenvalue weighted by Crippen LogP contribution is 2.31. The van der Waals surface area contributed by atoms with Gasteiger partial charge in [-0.15, -0.1) is 0 Å². The average Bonchev–Trinajstić information content (AvgIpc) is 2.21. The standard InChI is InChI=1S/C11H9FN2O2/c1-6-3-4-13-10-8(6)5-9(12)7(2)11(10)14(15)16/h3-5H,1-2H3. The summed E-state index contributed by atoms with van der Waals surface area (Å²) in [6.45, 7) is 3.15. The van der Waals surface area contributed by atoms with Crippen molar-refractivity contribution in [3.8, 4) is 0 Å². The molecule has 16 heavy (non-hydrogen) atoms. The molecule has 0 aliphatic rings. The maximum absolute atomic E-state index is 13.5. The first kappa shape index (κ1) is 10.5. The molecule has 2 rings (SSSR count). The van der Waals surface area contributed by atoms with E-state index in [1.165, 1.54) is 19.2 Å². The van der Waals surface area contributed by atoms with Crippen LogP contribution in [0.5, 0.6) is 0 Å². The lowest BCUT2D eigenvalue weighted by Crippen LogP contribution is -1.98. The van der Waals surface area contributed by atoms with Gasteiger partial charge in [-0.3, -0.25) is 10.1 Å². The Morgan fingerprint density at radius 2 is 2.12 bits per heavy atom. The van der Waals surface area contributed by atoms with Crippen molar-refractivity contribution in [2.24, 2.45) is 0 Å². The number of fused-ring (bicyclic) bond motifs is 1. The molecule has 1 aromatic heterocycles. The number of nitro benzene ring substituents is 1. The van der Waals surface area contributed by atoms with Gasteiger partial charge in [0.25, 0.3) is 0 Å². The van der Waals surface area contributed by atoms with Crippen LogP contribution in [0.15, 0.2) is 18.3 Å². The van der Waals surface area contributed by atoms with Gasteiger partial charge in [-0.1, -0.05) is 0 Å². The molecule has 0 N–H and O–H groups in total. The summed E-state index contributed by atoms with van der Waals surface area (Å²) in [5, 5.41) is 11.4. The maximum atomic E-state index is 13.5. The Balaban J connectivity index is 3.00. The highest BCUT2D eigenvalue weighted by Gasteiger charge is 2.21. The van der Waals surface area contributed by atoms with Crippen LogP contribution in [-0.2, 0) is 0 Å². The fourth-order valence-corrected chi connectivity index (χ4v) is 1.69. The SMILES string of the molecule is Cc1c(F)cc2c(C)ccnc2c1[N+](=O)[O-]. The Morgan fingerprint density at radius 1 is 1.44 bits per heavy atom. The minimum Gasteiger partial charge on any atom is -0.258 e. The Morgan fingerprint density at radius 3 is 2.75 bits per heavy atom. The molecule has 0 aliphatic heterocycles. The van der Waals surface area contributed by atoms with Crippen molar-refractivity contribution in [2.45, 2.75) is 13.8 Å². The zero-order valence-corrected chi connectivity index (χ0v) is 8.82. The van der Waals surface area contributed by atoms with Gasteiger partial charge in [-0.05, 0) is 31.5 Å². The quantitative estimate of drug-likeness (QED) is 0.548. The minimum absolute atomic E-state index is 0.0237.